The van der Waals surface area contributed by atoms with Crippen molar-refractivity contribution in [3.8, 4) is 23.5 Å². The zero-order valence-corrected chi connectivity index (χ0v) is 31.9. The number of nitrogens with one attached hydrogen (secondary N) is 1. The number of ether oxygens (including phenoxy) is 2. The summed E-state index contributed by atoms with van der Waals surface area (Å²) in [7, 11) is 0. The number of amides is 1. The minimum atomic E-state index is -0.607. The molecule has 5 aromatic rings. The van der Waals surface area contributed by atoms with Crippen molar-refractivity contribution in [3.63, 3.8) is 0 Å². The number of imidazole rings is 1. The highest BCUT2D eigenvalue weighted by molar-refractivity contribution is 5.96. The number of primary amides is 1. The van der Waals surface area contributed by atoms with Crippen LogP contribution in [0.4, 0.5) is 11.5 Å². The number of H-pyrrole nitrogens is 1. The molecule has 1 amide bonds. The zero-order chi connectivity index (χ0) is 38.6. The molecule has 0 bridgehead atoms. The van der Waals surface area contributed by atoms with Crippen LogP contribution in [-0.2, 0) is 13.1 Å². The Bertz CT molecular complexity index is 2360. The highest BCUT2D eigenvalue weighted by Crippen LogP contribution is 2.37. The monoisotopic (exact) mass is 746 g/mol. The number of rotatable bonds is 11. The number of aliphatic imine (C=N–C) groups is 1. The van der Waals surface area contributed by atoms with E-state index in [1.807, 2.05) is 36.6 Å². The van der Waals surface area contributed by atoms with Gasteiger partial charge in [0.15, 0.2) is 22.7 Å². The van der Waals surface area contributed by atoms with Crippen LogP contribution in [0.3, 0.4) is 0 Å². The molecule has 2 saturated carbocycles. The van der Waals surface area contributed by atoms with E-state index in [-0.39, 0.29) is 34.5 Å². The third-order valence-corrected chi connectivity index (χ3v) is 10.5. The summed E-state index contributed by atoms with van der Waals surface area (Å²) in [6.07, 6.45) is 10.7. The Balaban J connectivity index is 0.000000169. The Morgan fingerprint density at radius 1 is 0.836 bits per heavy atom. The van der Waals surface area contributed by atoms with Gasteiger partial charge in [-0.05, 0) is 87.8 Å². The molecule has 4 heterocycles. The predicted octanol–water partition coefficient (Wildman–Crippen LogP) is 7.61. The van der Waals surface area contributed by atoms with Gasteiger partial charge in [0.2, 0.25) is 0 Å². The molecule has 2 aliphatic carbocycles. The van der Waals surface area contributed by atoms with Crippen molar-refractivity contribution in [3.05, 3.63) is 85.7 Å². The summed E-state index contributed by atoms with van der Waals surface area (Å²) in [5.74, 6) is 3.22. The molecule has 0 unspecified atom stereocenters. The SMILES string of the molecule is CCCn1c(Oc2ccc(C)c(C)c2)nc(=O)c2c1N=C(C1CCCC1)[N]2.CCCn1c(Oc2ccccc2C(N)=O)nc2nc(C3CCCC3)[nH]c2c1=O. The Morgan fingerprint density at radius 2 is 1.51 bits per heavy atom. The first kappa shape index (κ1) is 37.5. The Labute approximate surface area is 319 Å². The summed E-state index contributed by atoms with van der Waals surface area (Å²) < 4.78 is 15.2. The highest BCUT2D eigenvalue weighted by Gasteiger charge is 2.32. The second-order valence-corrected chi connectivity index (χ2v) is 14.6. The van der Waals surface area contributed by atoms with E-state index in [1.54, 1.807) is 24.3 Å². The van der Waals surface area contributed by atoms with Crippen LogP contribution in [0.5, 0.6) is 23.5 Å². The van der Waals surface area contributed by atoms with Gasteiger partial charge in [0, 0.05) is 24.9 Å². The van der Waals surface area contributed by atoms with Crippen molar-refractivity contribution >= 4 is 34.4 Å². The van der Waals surface area contributed by atoms with Crippen LogP contribution in [0.15, 0.2) is 57.0 Å². The maximum atomic E-state index is 13.1. The minimum Gasteiger partial charge on any atom is -0.425 e. The Hall–Kier alpha value is -5.79. The first-order valence-corrected chi connectivity index (χ1v) is 19.4. The van der Waals surface area contributed by atoms with Crippen LogP contribution in [0, 0.1) is 19.8 Å². The maximum Gasteiger partial charge on any atom is 0.307 e. The van der Waals surface area contributed by atoms with Gasteiger partial charge in [-0.25, -0.2) is 15.3 Å². The first-order chi connectivity index (χ1) is 26.6. The molecule has 1 radical (unpaired) electrons. The van der Waals surface area contributed by atoms with Gasteiger partial charge in [0.25, 0.3) is 11.5 Å². The molecule has 2 aromatic carbocycles. The van der Waals surface area contributed by atoms with Crippen molar-refractivity contribution in [1.29, 1.82) is 0 Å². The van der Waals surface area contributed by atoms with Crippen LogP contribution >= 0.6 is 0 Å². The fourth-order valence-corrected chi connectivity index (χ4v) is 7.46. The van der Waals surface area contributed by atoms with E-state index in [0.717, 1.165) is 55.7 Å². The number of hydrogen-bond acceptors (Lipinski definition) is 9. The van der Waals surface area contributed by atoms with Gasteiger partial charge in [0.05, 0.1) is 5.56 Å². The number of para-hydroxylation sites is 1. The zero-order valence-electron chi connectivity index (χ0n) is 31.9. The van der Waals surface area contributed by atoms with E-state index in [4.69, 9.17) is 20.2 Å². The van der Waals surface area contributed by atoms with E-state index in [0.29, 0.717) is 53.3 Å². The molecule has 0 saturated heterocycles. The average molecular weight is 747 g/mol. The largest absolute Gasteiger partial charge is 0.425 e. The molecule has 3 aromatic heterocycles. The fourth-order valence-electron chi connectivity index (χ4n) is 7.46. The second kappa shape index (κ2) is 16.3. The fraction of sp³-hybridized carbons (Fsp3) is 0.439. The third-order valence-electron chi connectivity index (χ3n) is 10.5. The lowest BCUT2D eigenvalue weighted by Crippen LogP contribution is -2.23. The standard InChI is InChI=1S/C21H25N4O2.C20H23N5O3/c1-4-11-25-19-17(22-18(23-19)15-7-5-6-8-15)20(26)24-21(25)27-16-10-9-13(2)14(3)12-16;1-2-11-25-19(27)15-18(23-17(22-15)12-7-3-4-8-12)24-20(25)28-14-10-6-5-9-13(14)16(21)26/h9-10,12,15H,4-8,11H2,1-3H3;5-6,9-10,12H,2-4,7-8,11H2,1H3,(H2,21,26)(H,22,23). The molecule has 0 atom stereocenters. The van der Waals surface area contributed by atoms with Crippen molar-refractivity contribution < 1.29 is 14.3 Å². The molecule has 287 valence electrons. The van der Waals surface area contributed by atoms with Gasteiger partial charge in [-0.2, -0.15) is 9.97 Å². The van der Waals surface area contributed by atoms with Gasteiger partial charge in [0.1, 0.15) is 23.2 Å². The third kappa shape index (κ3) is 7.89. The van der Waals surface area contributed by atoms with E-state index >= 15 is 0 Å². The van der Waals surface area contributed by atoms with Crippen molar-refractivity contribution in [2.24, 2.45) is 16.6 Å². The number of carbonyl (C=O) groups is 1. The summed E-state index contributed by atoms with van der Waals surface area (Å²) in [5.41, 5.74) is 8.49. The lowest BCUT2D eigenvalue weighted by molar-refractivity contribution is 0.0997. The van der Waals surface area contributed by atoms with Gasteiger partial charge in [-0.3, -0.25) is 23.5 Å². The Morgan fingerprint density at radius 3 is 2.20 bits per heavy atom. The average Bonchev–Trinajstić information content (AvgIpc) is 4.01. The van der Waals surface area contributed by atoms with Crippen molar-refractivity contribution in [2.45, 2.75) is 111 Å². The van der Waals surface area contributed by atoms with Gasteiger partial charge >= 0.3 is 17.6 Å². The lowest BCUT2D eigenvalue weighted by Gasteiger charge is -2.15. The van der Waals surface area contributed by atoms with E-state index in [9.17, 15) is 14.4 Å². The van der Waals surface area contributed by atoms with Gasteiger partial charge in [-0.15, -0.1) is 0 Å². The number of aromatic nitrogens is 6. The number of fused-ring (bicyclic) bond motifs is 2. The van der Waals surface area contributed by atoms with Crippen molar-refractivity contribution in [2.75, 3.05) is 0 Å². The second-order valence-electron chi connectivity index (χ2n) is 14.6. The molecule has 14 nitrogen and oxygen atoms in total. The number of aromatic amines is 1. The van der Waals surface area contributed by atoms with Gasteiger partial charge in [-0.1, -0.05) is 57.7 Å². The van der Waals surface area contributed by atoms with Crippen LogP contribution < -0.4 is 31.6 Å². The van der Waals surface area contributed by atoms with E-state index in [2.05, 4.69) is 39.1 Å². The molecule has 8 rings (SSSR count). The number of nitrogens with two attached hydrogens (primary N) is 1. The summed E-state index contributed by atoms with van der Waals surface area (Å²) in [6, 6.07) is 12.9. The minimum absolute atomic E-state index is 0.109. The molecule has 2 fully saturated rings. The Kier molecular flexibility index (Phi) is 11.1. The summed E-state index contributed by atoms with van der Waals surface area (Å²) in [4.78, 5) is 58.5. The molecule has 3 N–H and O–H groups in total. The smallest absolute Gasteiger partial charge is 0.307 e. The van der Waals surface area contributed by atoms with Crippen LogP contribution in [0.2, 0.25) is 0 Å². The van der Waals surface area contributed by atoms with Crippen LogP contribution in [0.1, 0.15) is 111 Å². The molecule has 0 spiro atoms. The molecule has 55 heavy (non-hydrogen) atoms. The molecular formula is C41H48N9O5. The summed E-state index contributed by atoms with van der Waals surface area (Å²) in [5, 5.41) is 4.55. The maximum absolute atomic E-state index is 13.1. The highest BCUT2D eigenvalue weighted by atomic mass is 16.5. The number of hydrogen-bond donors (Lipinski definition) is 2. The molecule has 3 aliphatic rings. The summed E-state index contributed by atoms with van der Waals surface area (Å²) >= 11 is 0. The number of nitrogens with zero attached hydrogens (tertiary/aromatic N) is 7. The normalized spacial score (nSPS) is 15.4. The van der Waals surface area contributed by atoms with Crippen LogP contribution in [-0.4, -0.2) is 40.8 Å². The van der Waals surface area contributed by atoms with Crippen molar-refractivity contribution in [1.82, 2.24) is 34.4 Å². The number of benzene rings is 2. The quantitative estimate of drug-likeness (QED) is 0.138. The predicted molar refractivity (Wildman–Crippen MR) is 210 cm³/mol. The van der Waals surface area contributed by atoms with E-state index in [1.165, 1.54) is 35.8 Å². The van der Waals surface area contributed by atoms with Gasteiger partial charge < -0.3 is 20.2 Å². The lowest BCUT2D eigenvalue weighted by atomic mass is 10.1. The first-order valence-electron chi connectivity index (χ1n) is 19.4. The number of amidine groups is 1. The number of aryl methyl sites for hydroxylation is 2. The molecule has 14 heteroatoms. The molecular weight excluding hydrogens is 699 g/mol. The topological polar surface area (TPSA) is 186 Å². The summed E-state index contributed by atoms with van der Waals surface area (Å²) in [6.45, 7) is 9.25. The van der Waals surface area contributed by atoms with E-state index < -0.39 is 5.91 Å². The van der Waals surface area contributed by atoms with Crippen LogP contribution in [0.25, 0.3) is 11.2 Å². The number of carbonyl (C=O) groups excluding carboxylic acids is 1. The molecule has 1 aliphatic heterocycles.